The summed E-state index contributed by atoms with van der Waals surface area (Å²) in [6.45, 7) is 9.74. The van der Waals surface area contributed by atoms with Crippen molar-refractivity contribution in [3.05, 3.63) is 0 Å². The van der Waals surface area contributed by atoms with Crippen molar-refractivity contribution < 1.29 is 4.84 Å². The molecule has 85 valence electrons. The summed E-state index contributed by atoms with van der Waals surface area (Å²) < 4.78 is 0. The van der Waals surface area contributed by atoms with E-state index < -0.39 is 0 Å². The molecule has 2 heteroatoms. The summed E-state index contributed by atoms with van der Waals surface area (Å²) in [6, 6.07) is 0. The van der Waals surface area contributed by atoms with Crippen molar-refractivity contribution in [2.45, 2.75) is 59.3 Å². The fourth-order valence-corrected chi connectivity index (χ4v) is 1.25. The van der Waals surface area contributed by atoms with Crippen LogP contribution in [0.5, 0.6) is 0 Å². The fourth-order valence-electron chi connectivity index (χ4n) is 1.25. The van der Waals surface area contributed by atoms with Gasteiger partial charge in [0.25, 0.3) is 0 Å². The van der Waals surface area contributed by atoms with E-state index in [0.29, 0.717) is 0 Å². The molecule has 0 amide bonds. The summed E-state index contributed by atoms with van der Waals surface area (Å²) in [7, 11) is 0. The Bertz CT molecular complexity index is 98.5. The normalized spacial score (nSPS) is 11.1. The first-order valence-electron chi connectivity index (χ1n) is 6.23. The molecule has 0 aliphatic heterocycles. The van der Waals surface area contributed by atoms with Gasteiger partial charge in [-0.25, -0.2) is 0 Å². The van der Waals surface area contributed by atoms with Gasteiger partial charge in [0.15, 0.2) is 13.1 Å². The molecule has 0 aromatic carbocycles. The van der Waals surface area contributed by atoms with Gasteiger partial charge < -0.3 is 0 Å². The van der Waals surface area contributed by atoms with Crippen molar-refractivity contribution in [3.63, 3.8) is 0 Å². The summed E-state index contributed by atoms with van der Waals surface area (Å²) >= 11 is 0. The number of unbranched alkanes of at least 4 members (excludes halogenated alkanes) is 3. The third-order valence-electron chi connectivity index (χ3n) is 2.29. The van der Waals surface area contributed by atoms with Crippen molar-refractivity contribution in [2.24, 2.45) is 0 Å². The first-order valence-corrected chi connectivity index (χ1v) is 6.23. The fraction of sp³-hybridized carbons (Fsp3) is 1.00. The molecule has 0 aliphatic rings. The Morgan fingerprint density at radius 3 is 1.71 bits per heavy atom. The maximum atomic E-state index is 5.72. The third kappa shape index (κ3) is 8.52. The van der Waals surface area contributed by atoms with Crippen LogP contribution < -0.4 is 5.06 Å². The zero-order chi connectivity index (χ0) is 10.6. The van der Waals surface area contributed by atoms with Crippen LogP contribution in [0.3, 0.4) is 0 Å². The molecule has 0 rings (SSSR count). The van der Waals surface area contributed by atoms with Gasteiger partial charge in [-0.2, -0.15) is 0 Å². The van der Waals surface area contributed by atoms with Gasteiger partial charge in [0, 0.05) is 12.8 Å². The Morgan fingerprint density at radius 2 is 1.29 bits per heavy atom. The lowest BCUT2D eigenvalue weighted by atomic mass is 10.3. The Kier molecular flexibility index (Phi) is 10.9. The Balaban J connectivity index is 3.49. The summed E-state index contributed by atoms with van der Waals surface area (Å²) in [5, 5.41) is 2.16. The highest BCUT2D eigenvalue weighted by Gasteiger charge is 2.14. The van der Waals surface area contributed by atoms with E-state index in [2.05, 4.69) is 25.8 Å². The Labute approximate surface area is 89.6 Å². The zero-order valence-electron chi connectivity index (χ0n) is 10.2. The number of hydrogen-bond donors (Lipinski definition) is 0. The molecule has 0 atom stereocenters. The molecule has 0 N–H and O–H groups in total. The highest BCUT2D eigenvalue weighted by atomic mass is 16.7. The minimum Gasteiger partial charge on any atom is -0.149 e. The first kappa shape index (κ1) is 13.9. The first-order chi connectivity index (χ1) is 6.85. The third-order valence-corrected chi connectivity index (χ3v) is 2.29. The largest absolute Gasteiger partial charge is 0.160 e. The van der Waals surface area contributed by atoms with E-state index in [-0.39, 0.29) is 0 Å². The number of hydrogen-bond acceptors (Lipinski definition) is 2. The minimum absolute atomic E-state index is 0.893. The summed E-state index contributed by atoms with van der Waals surface area (Å²) in [6.07, 6.45) is 7.38. The van der Waals surface area contributed by atoms with E-state index in [0.717, 1.165) is 19.7 Å². The van der Waals surface area contributed by atoms with Gasteiger partial charge in [-0.15, -0.1) is 4.84 Å². The van der Waals surface area contributed by atoms with Gasteiger partial charge in [0.2, 0.25) is 0 Å². The van der Waals surface area contributed by atoms with Gasteiger partial charge in [-0.05, 0) is 11.5 Å². The molecule has 0 aromatic rings. The lowest BCUT2D eigenvalue weighted by Gasteiger charge is -2.08. The van der Waals surface area contributed by atoms with Crippen LogP contribution in [0.1, 0.15) is 59.3 Å². The predicted octanol–water partition coefficient (Wildman–Crippen LogP) is 3.46. The Morgan fingerprint density at radius 1 is 0.786 bits per heavy atom. The van der Waals surface area contributed by atoms with Crippen LogP contribution in [0.2, 0.25) is 0 Å². The minimum atomic E-state index is 0.893. The predicted molar refractivity (Wildman–Crippen MR) is 62.5 cm³/mol. The number of rotatable bonds is 10. The van der Waals surface area contributed by atoms with Crippen LogP contribution >= 0.6 is 0 Å². The average molecular weight is 201 g/mol. The van der Waals surface area contributed by atoms with Crippen LogP contribution in [-0.2, 0) is 4.84 Å². The van der Waals surface area contributed by atoms with Crippen molar-refractivity contribution >= 4 is 0 Å². The molecule has 0 spiro atoms. The van der Waals surface area contributed by atoms with Crippen LogP contribution in [0.15, 0.2) is 0 Å². The standard InChI is InChI=1S/C12H27NO/c1-4-7-10-13(11-8-5-2)14-12-9-6-3/h4-12H2,1-3H3/q+1. The molecule has 0 aliphatic carbocycles. The van der Waals surface area contributed by atoms with E-state index in [1.807, 2.05) is 0 Å². The second-order valence-corrected chi connectivity index (χ2v) is 3.82. The molecule has 0 unspecified atom stereocenters. The van der Waals surface area contributed by atoms with Gasteiger partial charge >= 0.3 is 0 Å². The second-order valence-electron chi connectivity index (χ2n) is 3.82. The van der Waals surface area contributed by atoms with Crippen molar-refractivity contribution in [1.29, 1.82) is 0 Å². The molecular weight excluding hydrogens is 174 g/mol. The van der Waals surface area contributed by atoms with E-state index in [4.69, 9.17) is 4.84 Å². The van der Waals surface area contributed by atoms with Gasteiger partial charge in [-0.1, -0.05) is 40.0 Å². The second kappa shape index (κ2) is 11.0. The molecule has 2 nitrogen and oxygen atoms in total. The maximum absolute atomic E-state index is 5.72. The van der Waals surface area contributed by atoms with Gasteiger partial charge in [-0.3, -0.25) is 0 Å². The SMILES string of the molecule is CCCCO[N+](CCCC)CCCC. The van der Waals surface area contributed by atoms with Crippen LogP contribution in [0.4, 0.5) is 0 Å². The quantitative estimate of drug-likeness (QED) is 0.300. The van der Waals surface area contributed by atoms with Gasteiger partial charge in [0.05, 0.1) is 0 Å². The molecule has 0 bridgehead atoms. The number of hydroxylamine groups is 2. The highest BCUT2D eigenvalue weighted by Crippen LogP contribution is 1.98. The summed E-state index contributed by atoms with van der Waals surface area (Å²) in [5.41, 5.74) is 0. The molecule has 14 heavy (non-hydrogen) atoms. The average Bonchev–Trinajstić information content (AvgIpc) is 2.21. The van der Waals surface area contributed by atoms with Crippen molar-refractivity contribution in [3.8, 4) is 0 Å². The lowest BCUT2D eigenvalue weighted by molar-refractivity contribution is -0.0738. The lowest BCUT2D eigenvalue weighted by Crippen LogP contribution is -2.32. The molecule has 0 saturated heterocycles. The molecule has 0 heterocycles. The molecular formula is C12H27NO+. The van der Waals surface area contributed by atoms with Gasteiger partial charge in [0.1, 0.15) is 6.61 Å². The van der Waals surface area contributed by atoms with E-state index in [9.17, 15) is 0 Å². The molecule has 1 radical (unpaired) electrons. The van der Waals surface area contributed by atoms with Crippen molar-refractivity contribution in [2.75, 3.05) is 19.7 Å². The topological polar surface area (TPSA) is 15.1 Å². The van der Waals surface area contributed by atoms with E-state index >= 15 is 0 Å². The maximum Gasteiger partial charge on any atom is 0.160 e. The molecule has 0 fully saturated rings. The zero-order valence-corrected chi connectivity index (χ0v) is 10.2. The Hall–Kier alpha value is -0.0800. The van der Waals surface area contributed by atoms with Crippen molar-refractivity contribution in [1.82, 2.24) is 5.06 Å². The molecule has 0 aromatic heterocycles. The van der Waals surface area contributed by atoms with Crippen LogP contribution in [-0.4, -0.2) is 19.7 Å². The van der Waals surface area contributed by atoms with E-state index in [1.54, 1.807) is 0 Å². The van der Waals surface area contributed by atoms with Crippen LogP contribution in [0.25, 0.3) is 0 Å². The smallest absolute Gasteiger partial charge is 0.149 e. The number of nitrogens with zero attached hydrogens (tertiary/aromatic N) is 1. The summed E-state index contributed by atoms with van der Waals surface area (Å²) in [4.78, 5) is 5.72. The molecule has 0 saturated carbocycles. The highest BCUT2D eigenvalue weighted by molar-refractivity contribution is 4.52. The van der Waals surface area contributed by atoms with Crippen LogP contribution in [0, 0.1) is 0 Å². The summed E-state index contributed by atoms with van der Waals surface area (Å²) in [5.74, 6) is 0. The monoisotopic (exact) mass is 201 g/mol. The van der Waals surface area contributed by atoms with E-state index in [1.165, 1.54) is 38.5 Å².